The summed E-state index contributed by atoms with van der Waals surface area (Å²) in [6, 6.07) is 10.0. The lowest BCUT2D eigenvalue weighted by molar-refractivity contribution is -0.0646. The number of ether oxygens (including phenoxy) is 1. The highest BCUT2D eigenvalue weighted by Crippen LogP contribution is 2.42. The Morgan fingerprint density at radius 3 is 2.48 bits per heavy atom. The number of hydrogen-bond donors (Lipinski definition) is 3. The van der Waals surface area contributed by atoms with Crippen LogP contribution in [-0.4, -0.2) is 47.4 Å². The molecule has 1 fully saturated rings. The second kappa shape index (κ2) is 8.69. The van der Waals surface area contributed by atoms with Crippen LogP contribution in [0.3, 0.4) is 0 Å². The molecule has 2 aliphatic rings. The van der Waals surface area contributed by atoms with E-state index in [9.17, 15) is 14.6 Å². The van der Waals surface area contributed by atoms with Gasteiger partial charge in [-0.05, 0) is 67.6 Å². The molecule has 0 unspecified atom stereocenters. The predicted octanol–water partition coefficient (Wildman–Crippen LogP) is 3.13. The van der Waals surface area contributed by atoms with E-state index in [0.29, 0.717) is 18.9 Å². The number of phenols is 2. The number of likely N-dealkylation sites (tertiary alicyclic amines) is 1. The van der Waals surface area contributed by atoms with E-state index in [2.05, 4.69) is 4.90 Å². The Labute approximate surface area is 170 Å². The Hall–Kier alpha value is -2.15. The molecule has 29 heavy (non-hydrogen) atoms. The Bertz CT molecular complexity index is 835. The van der Waals surface area contributed by atoms with E-state index in [0.717, 1.165) is 55.6 Å². The molecule has 2 aromatic carbocycles. The number of nitrogens with two attached hydrogens (primary N) is 1. The third kappa shape index (κ3) is 4.39. The minimum Gasteiger partial charge on any atom is -0.504 e. The van der Waals surface area contributed by atoms with Crippen LogP contribution in [0.5, 0.6) is 11.5 Å². The van der Waals surface area contributed by atoms with Crippen LogP contribution in [0.1, 0.15) is 35.6 Å². The molecule has 4 rings (SSSR count). The Morgan fingerprint density at radius 1 is 1.07 bits per heavy atom. The molecule has 0 radical (unpaired) electrons. The lowest BCUT2D eigenvalue weighted by Gasteiger charge is -2.40. The van der Waals surface area contributed by atoms with Gasteiger partial charge in [0, 0.05) is 25.1 Å². The smallest absolute Gasteiger partial charge is 0.161 e. The van der Waals surface area contributed by atoms with Crippen molar-refractivity contribution < 1.29 is 19.3 Å². The van der Waals surface area contributed by atoms with E-state index in [-0.39, 0.29) is 29.5 Å². The van der Waals surface area contributed by atoms with Crippen LogP contribution in [0.4, 0.5) is 4.39 Å². The summed E-state index contributed by atoms with van der Waals surface area (Å²) in [7, 11) is 0. The van der Waals surface area contributed by atoms with Gasteiger partial charge in [0.2, 0.25) is 0 Å². The number of aromatic hydroxyl groups is 2. The largest absolute Gasteiger partial charge is 0.504 e. The van der Waals surface area contributed by atoms with E-state index in [1.165, 1.54) is 18.2 Å². The fourth-order valence-electron chi connectivity index (χ4n) is 4.64. The molecule has 0 saturated carbocycles. The summed E-state index contributed by atoms with van der Waals surface area (Å²) >= 11 is 0. The fraction of sp³-hybridized carbons (Fsp3) is 0.478. The molecule has 0 bridgehead atoms. The number of hydrogen-bond acceptors (Lipinski definition) is 5. The molecule has 156 valence electrons. The van der Waals surface area contributed by atoms with Gasteiger partial charge in [-0.3, -0.25) is 0 Å². The molecule has 5 nitrogen and oxygen atoms in total. The molecule has 0 aromatic heterocycles. The van der Waals surface area contributed by atoms with Crippen molar-refractivity contribution >= 4 is 0 Å². The first kappa shape index (κ1) is 20.1. The van der Waals surface area contributed by atoms with Crippen LogP contribution in [-0.2, 0) is 17.6 Å². The van der Waals surface area contributed by atoms with Crippen LogP contribution in [0.15, 0.2) is 36.4 Å². The number of fused-ring (bicyclic) bond motifs is 1. The molecule has 2 atom stereocenters. The summed E-state index contributed by atoms with van der Waals surface area (Å²) in [6.45, 7) is 3.31. The van der Waals surface area contributed by atoms with Crippen molar-refractivity contribution in [3.05, 3.63) is 58.9 Å². The van der Waals surface area contributed by atoms with Gasteiger partial charge in [0.1, 0.15) is 5.82 Å². The highest BCUT2D eigenvalue weighted by molar-refractivity contribution is 5.51. The van der Waals surface area contributed by atoms with E-state index >= 15 is 0 Å². The van der Waals surface area contributed by atoms with Gasteiger partial charge < -0.3 is 25.6 Å². The first-order valence-corrected chi connectivity index (χ1v) is 10.4. The summed E-state index contributed by atoms with van der Waals surface area (Å²) in [5.74, 6) is 0.0848. The van der Waals surface area contributed by atoms with Crippen LogP contribution >= 0.6 is 0 Å². The number of rotatable bonds is 5. The zero-order valence-electron chi connectivity index (χ0n) is 16.6. The van der Waals surface area contributed by atoms with Crippen molar-refractivity contribution in [3.63, 3.8) is 0 Å². The van der Waals surface area contributed by atoms with Crippen molar-refractivity contribution in [2.45, 2.75) is 37.9 Å². The van der Waals surface area contributed by atoms with Gasteiger partial charge in [-0.1, -0.05) is 18.2 Å². The van der Waals surface area contributed by atoms with Crippen molar-refractivity contribution in [2.24, 2.45) is 11.7 Å². The Morgan fingerprint density at radius 2 is 1.79 bits per heavy atom. The molecule has 4 N–H and O–H groups in total. The molecular formula is C23H29FN2O3. The maximum absolute atomic E-state index is 13.0. The third-order valence-electron chi connectivity index (χ3n) is 6.39. The minimum absolute atomic E-state index is 0.00278. The van der Waals surface area contributed by atoms with Crippen molar-refractivity contribution in [1.29, 1.82) is 0 Å². The van der Waals surface area contributed by atoms with Crippen LogP contribution in [0.2, 0.25) is 0 Å². The molecule has 0 amide bonds. The zero-order chi connectivity index (χ0) is 20.4. The third-order valence-corrected chi connectivity index (χ3v) is 6.39. The Kier molecular flexibility index (Phi) is 6.04. The summed E-state index contributed by atoms with van der Waals surface area (Å²) in [6.07, 6.45) is 3.34. The van der Waals surface area contributed by atoms with Crippen molar-refractivity contribution in [2.75, 3.05) is 26.2 Å². The average molecular weight is 400 g/mol. The van der Waals surface area contributed by atoms with Crippen molar-refractivity contribution in [3.8, 4) is 11.5 Å². The SMILES string of the molecule is NC[C@@H]1O[C@H](C2CCN(CCc3ccc(F)cc3)CC2)Cc2c1ccc(O)c2O. The summed E-state index contributed by atoms with van der Waals surface area (Å²) < 4.78 is 19.3. The number of nitrogens with zero attached hydrogens (tertiary/aromatic N) is 1. The molecule has 2 heterocycles. The van der Waals surface area contributed by atoms with E-state index < -0.39 is 0 Å². The Balaban J connectivity index is 1.35. The molecule has 0 aliphatic carbocycles. The number of phenolic OH excluding ortho intramolecular Hbond substituents is 2. The second-order valence-electron chi connectivity index (χ2n) is 8.16. The van der Waals surface area contributed by atoms with Gasteiger partial charge >= 0.3 is 0 Å². The average Bonchev–Trinajstić information content (AvgIpc) is 2.75. The molecule has 2 aliphatic heterocycles. The quantitative estimate of drug-likeness (QED) is 0.672. The van der Waals surface area contributed by atoms with Crippen LogP contribution in [0, 0.1) is 11.7 Å². The van der Waals surface area contributed by atoms with Gasteiger partial charge in [-0.2, -0.15) is 0 Å². The molecule has 0 spiro atoms. The minimum atomic E-state index is -0.244. The van der Waals surface area contributed by atoms with Gasteiger partial charge in [0.15, 0.2) is 11.5 Å². The first-order valence-electron chi connectivity index (χ1n) is 10.4. The van der Waals surface area contributed by atoms with Gasteiger partial charge in [0.05, 0.1) is 12.2 Å². The van der Waals surface area contributed by atoms with E-state index in [4.69, 9.17) is 10.5 Å². The number of benzene rings is 2. The van der Waals surface area contributed by atoms with Crippen LogP contribution < -0.4 is 5.73 Å². The van der Waals surface area contributed by atoms with Crippen molar-refractivity contribution in [1.82, 2.24) is 4.90 Å². The first-order chi connectivity index (χ1) is 14.0. The van der Waals surface area contributed by atoms with Crippen LogP contribution in [0.25, 0.3) is 0 Å². The topological polar surface area (TPSA) is 79.0 Å². The molecule has 6 heteroatoms. The maximum atomic E-state index is 13.0. The van der Waals surface area contributed by atoms with Gasteiger partial charge in [0.25, 0.3) is 0 Å². The molecule has 2 aromatic rings. The van der Waals surface area contributed by atoms with E-state index in [1.807, 2.05) is 12.1 Å². The predicted molar refractivity (Wildman–Crippen MR) is 109 cm³/mol. The number of piperidine rings is 1. The number of halogens is 1. The van der Waals surface area contributed by atoms with Gasteiger partial charge in [-0.25, -0.2) is 4.39 Å². The highest BCUT2D eigenvalue weighted by Gasteiger charge is 2.35. The van der Waals surface area contributed by atoms with Gasteiger partial charge in [-0.15, -0.1) is 0 Å². The standard InChI is InChI=1S/C23H29FN2O3/c24-17-3-1-15(2-4-17)7-10-26-11-8-16(9-12-26)21-13-19-18(22(14-25)29-21)5-6-20(27)23(19)28/h1-6,16,21-22,27-28H,7-14,25H2/t21-,22-/m0/s1. The second-order valence-corrected chi connectivity index (χ2v) is 8.16. The summed E-state index contributed by atoms with van der Waals surface area (Å²) in [5.41, 5.74) is 8.74. The fourth-order valence-corrected chi connectivity index (χ4v) is 4.64. The van der Waals surface area contributed by atoms with E-state index in [1.54, 1.807) is 6.07 Å². The maximum Gasteiger partial charge on any atom is 0.161 e. The summed E-state index contributed by atoms with van der Waals surface area (Å²) in [5, 5.41) is 20.2. The molecular weight excluding hydrogens is 371 g/mol. The lowest BCUT2D eigenvalue weighted by atomic mass is 9.83. The lowest BCUT2D eigenvalue weighted by Crippen LogP contribution is -2.42. The monoisotopic (exact) mass is 400 g/mol. The highest BCUT2D eigenvalue weighted by atomic mass is 19.1. The molecule has 1 saturated heterocycles. The summed E-state index contributed by atoms with van der Waals surface area (Å²) in [4.78, 5) is 2.44. The normalized spacial score (nSPS) is 23.1. The zero-order valence-corrected chi connectivity index (χ0v) is 16.6.